The highest BCUT2D eigenvalue weighted by Crippen LogP contribution is 2.25. The van der Waals surface area contributed by atoms with E-state index in [2.05, 4.69) is 5.32 Å². The van der Waals surface area contributed by atoms with Crippen LogP contribution >= 0.6 is 11.8 Å². The van der Waals surface area contributed by atoms with Crippen LogP contribution in [0.5, 0.6) is 0 Å². The Morgan fingerprint density at radius 2 is 1.90 bits per heavy atom. The van der Waals surface area contributed by atoms with Crippen molar-refractivity contribution in [3.05, 3.63) is 59.7 Å². The van der Waals surface area contributed by atoms with Gasteiger partial charge in [-0.05, 0) is 49.7 Å². The molecule has 2 aromatic carbocycles. The summed E-state index contributed by atoms with van der Waals surface area (Å²) in [6.07, 6.45) is 0. The Kier molecular flexibility index (Phi) is 4.96. The smallest absolute Gasteiger partial charge is 0.237 e. The van der Waals surface area contributed by atoms with E-state index < -0.39 is 16.9 Å². The predicted octanol–water partition coefficient (Wildman–Crippen LogP) is 4.39. The number of nitrogens with one attached hydrogen (secondary N) is 1. The van der Waals surface area contributed by atoms with Gasteiger partial charge in [-0.15, -0.1) is 11.8 Å². The summed E-state index contributed by atoms with van der Waals surface area (Å²) >= 11 is 1.18. The number of carbonyl (C=O) groups is 1. The van der Waals surface area contributed by atoms with Gasteiger partial charge in [0.15, 0.2) is 11.6 Å². The number of halogens is 2. The van der Waals surface area contributed by atoms with Crippen LogP contribution in [0.15, 0.2) is 47.4 Å². The van der Waals surface area contributed by atoms with Gasteiger partial charge < -0.3 is 5.32 Å². The number of benzene rings is 2. The zero-order valence-electron chi connectivity index (χ0n) is 11.7. The Morgan fingerprint density at radius 1 is 1.14 bits per heavy atom. The SMILES string of the molecule is Cc1cccc(NC(=O)[C@H](C)Sc2ccc(F)c(F)c2)c1. The van der Waals surface area contributed by atoms with Gasteiger partial charge >= 0.3 is 0 Å². The molecule has 0 aliphatic carbocycles. The number of carbonyl (C=O) groups excluding carboxylic acids is 1. The molecule has 5 heteroatoms. The van der Waals surface area contributed by atoms with Crippen molar-refractivity contribution in [2.75, 3.05) is 5.32 Å². The first-order chi connectivity index (χ1) is 9.95. The number of thioether (sulfide) groups is 1. The molecule has 0 spiro atoms. The van der Waals surface area contributed by atoms with E-state index in [1.165, 1.54) is 17.8 Å². The summed E-state index contributed by atoms with van der Waals surface area (Å²) in [7, 11) is 0. The molecule has 0 heterocycles. The van der Waals surface area contributed by atoms with Crippen LogP contribution in [0.25, 0.3) is 0 Å². The first kappa shape index (κ1) is 15.5. The summed E-state index contributed by atoms with van der Waals surface area (Å²) in [5, 5.41) is 2.38. The molecule has 0 saturated carbocycles. The van der Waals surface area contributed by atoms with Crippen molar-refractivity contribution < 1.29 is 13.6 Å². The Morgan fingerprint density at radius 3 is 2.57 bits per heavy atom. The fraction of sp³-hybridized carbons (Fsp3) is 0.188. The second kappa shape index (κ2) is 6.72. The zero-order chi connectivity index (χ0) is 15.4. The molecule has 0 radical (unpaired) electrons. The molecular formula is C16H15F2NOS. The minimum absolute atomic E-state index is 0.185. The van der Waals surface area contributed by atoms with Crippen molar-refractivity contribution >= 4 is 23.4 Å². The number of anilines is 1. The quantitative estimate of drug-likeness (QED) is 0.849. The molecule has 0 fully saturated rings. The minimum atomic E-state index is -0.911. The topological polar surface area (TPSA) is 29.1 Å². The van der Waals surface area contributed by atoms with E-state index in [-0.39, 0.29) is 5.91 Å². The average molecular weight is 307 g/mol. The minimum Gasteiger partial charge on any atom is -0.325 e. The van der Waals surface area contributed by atoms with Crippen molar-refractivity contribution in [2.24, 2.45) is 0 Å². The van der Waals surface area contributed by atoms with Gasteiger partial charge in [-0.25, -0.2) is 8.78 Å². The second-order valence-corrected chi connectivity index (χ2v) is 6.11. The van der Waals surface area contributed by atoms with Gasteiger partial charge in [-0.2, -0.15) is 0 Å². The fourth-order valence-electron chi connectivity index (χ4n) is 1.77. The van der Waals surface area contributed by atoms with Crippen LogP contribution in [-0.2, 0) is 4.79 Å². The molecule has 0 unspecified atom stereocenters. The Hall–Kier alpha value is -1.88. The van der Waals surface area contributed by atoms with Gasteiger partial charge in [0.05, 0.1) is 5.25 Å². The average Bonchev–Trinajstić information content (AvgIpc) is 2.43. The third kappa shape index (κ3) is 4.29. The largest absolute Gasteiger partial charge is 0.325 e. The Balaban J connectivity index is 2.00. The molecule has 0 bridgehead atoms. The highest BCUT2D eigenvalue weighted by Gasteiger charge is 2.15. The lowest BCUT2D eigenvalue weighted by molar-refractivity contribution is -0.115. The monoisotopic (exact) mass is 307 g/mol. The molecule has 110 valence electrons. The molecule has 2 aromatic rings. The first-order valence-corrected chi connectivity index (χ1v) is 7.33. The summed E-state index contributed by atoms with van der Waals surface area (Å²) in [4.78, 5) is 12.6. The molecule has 0 aromatic heterocycles. The van der Waals surface area contributed by atoms with E-state index in [0.717, 1.165) is 23.4 Å². The molecule has 0 aliphatic rings. The number of rotatable bonds is 4. The van der Waals surface area contributed by atoms with Gasteiger partial charge in [-0.1, -0.05) is 12.1 Å². The van der Waals surface area contributed by atoms with E-state index in [1.54, 1.807) is 13.0 Å². The summed E-state index contributed by atoms with van der Waals surface area (Å²) in [6, 6.07) is 11.1. The molecule has 1 amide bonds. The number of amides is 1. The molecule has 21 heavy (non-hydrogen) atoms. The van der Waals surface area contributed by atoms with E-state index in [0.29, 0.717) is 4.90 Å². The maximum Gasteiger partial charge on any atom is 0.237 e. The van der Waals surface area contributed by atoms with Crippen LogP contribution in [0.4, 0.5) is 14.5 Å². The Labute approximate surface area is 126 Å². The lowest BCUT2D eigenvalue weighted by atomic mass is 10.2. The van der Waals surface area contributed by atoms with Crippen LogP contribution < -0.4 is 5.32 Å². The summed E-state index contributed by atoms with van der Waals surface area (Å²) in [5.41, 5.74) is 1.77. The molecule has 0 aliphatic heterocycles. The number of aryl methyl sites for hydroxylation is 1. The van der Waals surface area contributed by atoms with Crippen LogP contribution in [0, 0.1) is 18.6 Å². The second-order valence-electron chi connectivity index (χ2n) is 4.69. The number of hydrogen-bond donors (Lipinski definition) is 1. The highest BCUT2D eigenvalue weighted by atomic mass is 32.2. The van der Waals surface area contributed by atoms with Crippen molar-refractivity contribution in [1.29, 1.82) is 0 Å². The molecule has 2 rings (SSSR count). The van der Waals surface area contributed by atoms with Crippen molar-refractivity contribution in [2.45, 2.75) is 24.0 Å². The third-order valence-corrected chi connectivity index (χ3v) is 3.95. The first-order valence-electron chi connectivity index (χ1n) is 6.45. The molecule has 0 saturated heterocycles. The van der Waals surface area contributed by atoms with Crippen LogP contribution in [-0.4, -0.2) is 11.2 Å². The molecule has 1 atom stereocenters. The lowest BCUT2D eigenvalue weighted by Crippen LogP contribution is -2.22. The van der Waals surface area contributed by atoms with Crippen molar-refractivity contribution in [3.63, 3.8) is 0 Å². The van der Waals surface area contributed by atoms with E-state index in [9.17, 15) is 13.6 Å². The van der Waals surface area contributed by atoms with Crippen LogP contribution in [0.3, 0.4) is 0 Å². The van der Waals surface area contributed by atoms with Gasteiger partial charge in [0.2, 0.25) is 5.91 Å². The van der Waals surface area contributed by atoms with Gasteiger partial charge in [0, 0.05) is 10.6 Å². The van der Waals surface area contributed by atoms with Crippen molar-refractivity contribution in [1.82, 2.24) is 0 Å². The van der Waals surface area contributed by atoms with Crippen LogP contribution in [0.1, 0.15) is 12.5 Å². The summed E-state index contributed by atoms with van der Waals surface area (Å²) < 4.78 is 26.0. The molecule has 2 nitrogen and oxygen atoms in total. The van der Waals surface area contributed by atoms with Gasteiger partial charge in [0.1, 0.15) is 0 Å². The highest BCUT2D eigenvalue weighted by molar-refractivity contribution is 8.00. The predicted molar refractivity (Wildman–Crippen MR) is 81.5 cm³/mol. The summed E-state index contributed by atoms with van der Waals surface area (Å²) in [6.45, 7) is 3.66. The maximum atomic E-state index is 13.1. The normalized spacial score (nSPS) is 12.0. The fourth-order valence-corrected chi connectivity index (χ4v) is 2.67. The lowest BCUT2D eigenvalue weighted by Gasteiger charge is -2.12. The zero-order valence-corrected chi connectivity index (χ0v) is 12.5. The molecule has 1 N–H and O–H groups in total. The third-order valence-electron chi connectivity index (χ3n) is 2.86. The number of hydrogen-bond acceptors (Lipinski definition) is 2. The van der Waals surface area contributed by atoms with E-state index in [1.807, 2.05) is 25.1 Å². The van der Waals surface area contributed by atoms with E-state index in [4.69, 9.17) is 0 Å². The van der Waals surface area contributed by atoms with E-state index >= 15 is 0 Å². The molecular weight excluding hydrogens is 292 g/mol. The van der Waals surface area contributed by atoms with Gasteiger partial charge in [0.25, 0.3) is 0 Å². The van der Waals surface area contributed by atoms with Crippen LogP contribution in [0.2, 0.25) is 0 Å². The summed E-state index contributed by atoms with van der Waals surface area (Å²) in [5.74, 6) is -1.99. The Bertz CT molecular complexity index is 660. The maximum absolute atomic E-state index is 13.1. The van der Waals surface area contributed by atoms with Gasteiger partial charge in [-0.3, -0.25) is 4.79 Å². The van der Waals surface area contributed by atoms with Crippen molar-refractivity contribution in [3.8, 4) is 0 Å². The standard InChI is InChI=1S/C16H15F2NOS/c1-10-4-3-5-12(8-10)19-16(20)11(2)21-13-6-7-14(17)15(18)9-13/h3-9,11H,1-2H3,(H,19,20)/t11-/m0/s1.